The van der Waals surface area contributed by atoms with Crippen LogP contribution in [0.25, 0.3) is 22.4 Å². The van der Waals surface area contributed by atoms with Crippen molar-refractivity contribution in [2.24, 2.45) is 0 Å². The zero-order valence-corrected chi connectivity index (χ0v) is 11.3. The lowest BCUT2D eigenvalue weighted by Gasteiger charge is -2.06. The molecule has 21 heavy (non-hydrogen) atoms. The van der Waals surface area contributed by atoms with Crippen LogP contribution >= 0.6 is 0 Å². The Morgan fingerprint density at radius 2 is 2.05 bits per heavy atom. The van der Waals surface area contributed by atoms with Crippen molar-refractivity contribution in [1.82, 2.24) is 25.6 Å². The first kappa shape index (κ1) is 13.0. The van der Waals surface area contributed by atoms with Gasteiger partial charge in [-0.05, 0) is 12.5 Å². The largest absolute Gasteiger partial charge is 0.461 e. The number of aromatic nitrogens is 5. The smallest absolute Gasteiger partial charge is 0.361 e. The van der Waals surface area contributed by atoms with Crippen molar-refractivity contribution < 1.29 is 9.53 Å². The number of H-pyrrole nitrogens is 2. The number of nitrogens with zero attached hydrogens (tertiary/aromatic N) is 3. The van der Waals surface area contributed by atoms with Crippen molar-refractivity contribution >= 4 is 5.97 Å². The van der Waals surface area contributed by atoms with Gasteiger partial charge in [-0.15, -0.1) is 5.10 Å². The molecule has 0 spiro atoms. The van der Waals surface area contributed by atoms with Crippen molar-refractivity contribution in [3.8, 4) is 22.4 Å². The van der Waals surface area contributed by atoms with Crippen LogP contribution in [-0.2, 0) is 4.74 Å². The van der Waals surface area contributed by atoms with Gasteiger partial charge in [0.15, 0.2) is 5.69 Å². The zero-order valence-electron chi connectivity index (χ0n) is 11.3. The number of carbonyl (C=O) groups is 1. The number of aromatic amines is 2. The van der Waals surface area contributed by atoms with Gasteiger partial charge in [0.25, 0.3) is 0 Å². The number of ether oxygens (including phenoxy) is 1. The monoisotopic (exact) mass is 283 g/mol. The van der Waals surface area contributed by atoms with Crippen molar-refractivity contribution in [3.05, 3.63) is 42.4 Å². The van der Waals surface area contributed by atoms with E-state index < -0.39 is 5.97 Å². The summed E-state index contributed by atoms with van der Waals surface area (Å²) in [6.45, 7) is 2.03. The van der Waals surface area contributed by atoms with E-state index in [1.54, 1.807) is 19.3 Å². The second kappa shape index (κ2) is 5.58. The van der Waals surface area contributed by atoms with E-state index in [-0.39, 0.29) is 12.3 Å². The average Bonchev–Trinajstić information content (AvgIpc) is 3.19. The fourth-order valence-corrected chi connectivity index (χ4v) is 2.10. The highest BCUT2D eigenvalue weighted by molar-refractivity contribution is 5.96. The number of benzene rings is 1. The lowest BCUT2D eigenvalue weighted by molar-refractivity contribution is 0.0520. The van der Waals surface area contributed by atoms with Gasteiger partial charge in [0.1, 0.15) is 5.69 Å². The van der Waals surface area contributed by atoms with Gasteiger partial charge in [-0.2, -0.15) is 15.4 Å². The van der Waals surface area contributed by atoms with Crippen LogP contribution in [0.1, 0.15) is 17.4 Å². The molecule has 0 aliphatic heterocycles. The molecule has 0 aliphatic rings. The maximum absolute atomic E-state index is 11.9. The Morgan fingerprint density at radius 1 is 1.24 bits per heavy atom. The summed E-state index contributed by atoms with van der Waals surface area (Å²) in [5.74, 6) is -0.497. The highest BCUT2D eigenvalue weighted by atomic mass is 16.5. The Bertz CT molecular complexity index is 748. The maximum Gasteiger partial charge on any atom is 0.361 e. The van der Waals surface area contributed by atoms with Crippen LogP contribution in [0.15, 0.2) is 36.7 Å². The number of carbonyl (C=O) groups excluding carboxylic acids is 1. The Kier molecular flexibility index (Phi) is 3.46. The van der Waals surface area contributed by atoms with E-state index in [0.29, 0.717) is 5.69 Å². The van der Waals surface area contributed by atoms with E-state index in [2.05, 4.69) is 25.6 Å². The third-order valence-corrected chi connectivity index (χ3v) is 3.01. The van der Waals surface area contributed by atoms with Gasteiger partial charge >= 0.3 is 5.97 Å². The lowest BCUT2D eigenvalue weighted by Crippen LogP contribution is -2.07. The van der Waals surface area contributed by atoms with Crippen LogP contribution in [-0.4, -0.2) is 38.2 Å². The molecule has 0 saturated carbocycles. The zero-order chi connectivity index (χ0) is 14.7. The third-order valence-electron chi connectivity index (χ3n) is 3.01. The summed E-state index contributed by atoms with van der Waals surface area (Å²) in [4.78, 5) is 11.9. The van der Waals surface area contributed by atoms with Gasteiger partial charge in [0.2, 0.25) is 0 Å². The summed E-state index contributed by atoms with van der Waals surface area (Å²) < 4.78 is 5.00. The molecule has 0 radical (unpaired) electrons. The highest BCUT2D eigenvalue weighted by Gasteiger charge is 2.21. The molecule has 7 nitrogen and oxygen atoms in total. The minimum Gasteiger partial charge on any atom is -0.461 e. The van der Waals surface area contributed by atoms with Crippen LogP contribution in [0, 0.1) is 0 Å². The molecule has 0 fully saturated rings. The molecule has 0 bridgehead atoms. The predicted octanol–water partition coefficient (Wildman–Crippen LogP) is 2.04. The van der Waals surface area contributed by atoms with E-state index in [4.69, 9.17) is 4.74 Å². The Hall–Kier alpha value is -2.96. The summed E-state index contributed by atoms with van der Waals surface area (Å²) in [6.07, 6.45) is 3.49. The highest BCUT2D eigenvalue weighted by Crippen LogP contribution is 2.31. The standard InChI is InChI=1S/C14H13N5O2/c1-2-21-14(20)13-12(17-19-18-13)11-6-4-3-5-10(11)9-7-15-16-8-9/h3-8H,2H2,1H3,(H,15,16)(H,17,18,19). The van der Waals surface area contributed by atoms with Crippen molar-refractivity contribution in [3.63, 3.8) is 0 Å². The Balaban J connectivity index is 2.10. The molecule has 0 unspecified atom stereocenters. The van der Waals surface area contributed by atoms with Crippen molar-refractivity contribution in [1.29, 1.82) is 0 Å². The molecule has 2 N–H and O–H groups in total. The van der Waals surface area contributed by atoms with Gasteiger partial charge < -0.3 is 4.74 Å². The second-order valence-electron chi connectivity index (χ2n) is 4.27. The summed E-state index contributed by atoms with van der Waals surface area (Å²) in [6, 6.07) is 7.60. The number of hydrogen-bond donors (Lipinski definition) is 2. The Labute approximate surface area is 120 Å². The molecular formula is C14H13N5O2. The summed E-state index contributed by atoms with van der Waals surface area (Å²) in [5.41, 5.74) is 3.24. The van der Waals surface area contributed by atoms with E-state index in [1.807, 2.05) is 24.3 Å². The first-order valence-corrected chi connectivity index (χ1v) is 6.47. The van der Waals surface area contributed by atoms with Gasteiger partial charge in [-0.1, -0.05) is 24.3 Å². The molecule has 3 rings (SSSR count). The van der Waals surface area contributed by atoms with Gasteiger partial charge in [-0.25, -0.2) is 4.79 Å². The molecule has 0 amide bonds. The number of esters is 1. The normalized spacial score (nSPS) is 10.5. The molecule has 7 heteroatoms. The number of nitrogens with one attached hydrogen (secondary N) is 2. The maximum atomic E-state index is 11.9. The molecule has 0 aliphatic carbocycles. The van der Waals surface area contributed by atoms with Crippen LogP contribution in [0.2, 0.25) is 0 Å². The first-order valence-electron chi connectivity index (χ1n) is 6.47. The minimum atomic E-state index is -0.497. The topological polar surface area (TPSA) is 96.6 Å². The second-order valence-corrected chi connectivity index (χ2v) is 4.27. The van der Waals surface area contributed by atoms with Gasteiger partial charge in [-0.3, -0.25) is 5.10 Å². The SMILES string of the molecule is CCOC(=O)c1n[nH]nc1-c1ccccc1-c1cn[nH]c1. The van der Waals surface area contributed by atoms with Crippen LogP contribution in [0.4, 0.5) is 0 Å². The molecule has 106 valence electrons. The van der Waals surface area contributed by atoms with Crippen molar-refractivity contribution in [2.45, 2.75) is 6.92 Å². The quantitative estimate of drug-likeness (QED) is 0.714. The molecule has 0 saturated heterocycles. The van der Waals surface area contributed by atoms with E-state index in [9.17, 15) is 4.79 Å². The van der Waals surface area contributed by atoms with Crippen molar-refractivity contribution in [2.75, 3.05) is 6.61 Å². The average molecular weight is 283 g/mol. The molecule has 2 heterocycles. The predicted molar refractivity (Wildman–Crippen MR) is 75.4 cm³/mol. The summed E-state index contributed by atoms with van der Waals surface area (Å²) in [5, 5.41) is 17.2. The van der Waals surface area contributed by atoms with Gasteiger partial charge in [0, 0.05) is 17.3 Å². The van der Waals surface area contributed by atoms with Crippen LogP contribution < -0.4 is 0 Å². The summed E-state index contributed by atoms with van der Waals surface area (Å²) >= 11 is 0. The number of rotatable bonds is 4. The molecular weight excluding hydrogens is 270 g/mol. The van der Waals surface area contributed by atoms with E-state index in [1.165, 1.54) is 0 Å². The first-order chi connectivity index (χ1) is 10.3. The third kappa shape index (κ3) is 2.40. The van der Waals surface area contributed by atoms with Crippen LogP contribution in [0.3, 0.4) is 0 Å². The van der Waals surface area contributed by atoms with E-state index >= 15 is 0 Å². The molecule has 1 aromatic carbocycles. The fourth-order valence-electron chi connectivity index (χ4n) is 2.10. The molecule has 3 aromatic rings. The number of hydrogen-bond acceptors (Lipinski definition) is 5. The van der Waals surface area contributed by atoms with Crippen LogP contribution in [0.5, 0.6) is 0 Å². The summed E-state index contributed by atoms with van der Waals surface area (Å²) in [7, 11) is 0. The lowest BCUT2D eigenvalue weighted by atomic mass is 9.99. The fraction of sp³-hybridized carbons (Fsp3) is 0.143. The Morgan fingerprint density at radius 3 is 2.76 bits per heavy atom. The van der Waals surface area contributed by atoms with E-state index in [0.717, 1.165) is 16.7 Å². The molecule has 2 aromatic heterocycles. The van der Waals surface area contributed by atoms with Gasteiger partial charge in [0.05, 0.1) is 12.8 Å². The minimum absolute atomic E-state index is 0.174. The molecule has 0 atom stereocenters.